The number of ether oxygens (including phenoxy) is 1. The number of hydrogen-bond acceptors (Lipinski definition) is 6. The van der Waals surface area contributed by atoms with Crippen LogP contribution in [0, 0.1) is 0 Å². The lowest BCUT2D eigenvalue weighted by molar-refractivity contribution is -0.143. The molecule has 0 fully saturated rings. The minimum atomic E-state index is -1.36. The lowest BCUT2D eigenvalue weighted by atomic mass is 10.1. The number of methoxy groups -OCH3 is 1. The lowest BCUT2D eigenvalue weighted by Crippen LogP contribution is -2.39. The quantitative estimate of drug-likeness (QED) is 0.549. The van der Waals surface area contributed by atoms with Crippen LogP contribution < -0.4 is 10.1 Å². The first-order valence-corrected chi connectivity index (χ1v) is 11.3. The van der Waals surface area contributed by atoms with Crippen LogP contribution in [0.5, 0.6) is 5.75 Å². The van der Waals surface area contributed by atoms with Gasteiger partial charge in [-0.3, -0.25) is 9.59 Å². The van der Waals surface area contributed by atoms with Crippen molar-refractivity contribution in [3.63, 3.8) is 0 Å². The molecule has 2 aromatic carbocycles. The summed E-state index contributed by atoms with van der Waals surface area (Å²) in [5.41, 5.74) is 4.09. The molecule has 2 N–H and O–H groups in total. The average Bonchev–Trinajstić information content (AvgIpc) is 3.44. The van der Waals surface area contributed by atoms with Crippen LogP contribution in [0.3, 0.4) is 0 Å². The molecule has 8 heteroatoms. The Labute approximate surface area is 190 Å². The number of para-hydroxylation sites is 1. The molecule has 32 heavy (non-hydrogen) atoms. The van der Waals surface area contributed by atoms with Crippen molar-refractivity contribution in [1.29, 1.82) is 0 Å². The van der Waals surface area contributed by atoms with Gasteiger partial charge in [-0.05, 0) is 17.2 Å². The van der Waals surface area contributed by atoms with Crippen LogP contribution >= 0.6 is 11.3 Å². The van der Waals surface area contributed by atoms with E-state index in [0.717, 1.165) is 33.1 Å². The Morgan fingerprint density at radius 1 is 1.16 bits per heavy atom. The Kier molecular flexibility index (Phi) is 6.82. The standard InChI is InChI=1S/C24H25N3O4S/c1-31-21-9-5-4-6-16(21)10-19-15-32-23(26-19)12-25-22(29)11-20(28)24(30)27-13-17-7-2-3-8-18(17)14-27/h2-9,15,20,28H,10-14H2,1H3,(H,25,29)/t20-/m1/s1. The number of benzene rings is 2. The van der Waals surface area contributed by atoms with E-state index in [4.69, 9.17) is 4.74 Å². The van der Waals surface area contributed by atoms with Crippen LogP contribution in [0.1, 0.15) is 33.8 Å². The van der Waals surface area contributed by atoms with Gasteiger partial charge in [-0.2, -0.15) is 0 Å². The molecule has 0 bridgehead atoms. The first-order chi connectivity index (χ1) is 15.5. The van der Waals surface area contributed by atoms with Gasteiger partial charge in [0.1, 0.15) is 16.9 Å². The number of aliphatic hydroxyl groups is 1. The van der Waals surface area contributed by atoms with Crippen molar-refractivity contribution in [2.75, 3.05) is 7.11 Å². The SMILES string of the molecule is COc1ccccc1Cc1csc(CNC(=O)C[C@@H](O)C(=O)N2Cc3ccccc3C2)n1. The normalized spacial score (nSPS) is 13.5. The van der Waals surface area contributed by atoms with Crippen LogP contribution in [0.25, 0.3) is 0 Å². The molecule has 166 valence electrons. The van der Waals surface area contributed by atoms with Gasteiger partial charge in [0.25, 0.3) is 5.91 Å². The second kappa shape index (κ2) is 9.93. The molecule has 0 radical (unpaired) electrons. The fourth-order valence-electron chi connectivity index (χ4n) is 3.76. The van der Waals surface area contributed by atoms with E-state index in [0.29, 0.717) is 19.5 Å². The number of aromatic nitrogens is 1. The zero-order chi connectivity index (χ0) is 22.5. The zero-order valence-corrected chi connectivity index (χ0v) is 18.6. The van der Waals surface area contributed by atoms with E-state index in [-0.39, 0.29) is 18.9 Å². The van der Waals surface area contributed by atoms with Gasteiger partial charge >= 0.3 is 0 Å². The van der Waals surface area contributed by atoms with Gasteiger partial charge in [0.15, 0.2) is 0 Å². The largest absolute Gasteiger partial charge is 0.496 e. The maximum atomic E-state index is 12.5. The molecule has 1 aliphatic heterocycles. The van der Waals surface area contributed by atoms with E-state index in [1.54, 1.807) is 12.0 Å². The molecule has 3 aromatic rings. The molecule has 0 unspecified atom stereocenters. The minimum Gasteiger partial charge on any atom is -0.496 e. The summed E-state index contributed by atoms with van der Waals surface area (Å²) in [7, 11) is 1.64. The fourth-order valence-corrected chi connectivity index (χ4v) is 4.50. The van der Waals surface area contributed by atoms with E-state index in [2.05, 4.69) is 10.3 Å². The van der Waals surface area contributed by atoms with Gasteiger partial charge in [-0.25, -0.2) is 4.98 Å². The zero-order valence-electron chi connectivity index (χ0n) is 17.8. The molecule has 0 saturated heterocycles. The predicted molar refractivity (Wildman–Crippen MR) is 121 cm³/mol. The van der Waals surface area contributed by atoms with Crippen LogP contribution in [-0.2, 0) is 35.6 Å². The van der Waals surface area contributed by atoms with Crippen molar-refractivity contribution in [2.24, 2.45) is 0 Å². The number of amides is 2. The summed E-state index contributed by atoms with van der Waals surface area (Å²) in [4.78, 5) is 30.9. The molecule has 0 saturated carbocycles. The predicted octanol–water partition coefficient (Wildman–Crippen LogP) is 2.65. The summed E-state index contributed by atoms with van der Waals surface area (Å²) in [6, 6.07) is 15.6. The van der Waals surface area contributed by atoms with Gasteiger partial charge in [0.05, 0.1) is 25.8 Å². The Morgan fingerprint density at radius 2 is 1.84 bits per heavy atom. The van der Waals surface area contributed by atoms with E-state index < -0.39 is 12.0 Å². The maximum Gasteiger partial charge on any atom is 0.252 e. The van der Waals surface area contributed by atoms with Gasteiger partial charge in [-0.15, -0.1) is 11.3 Å². The summed E-state index contributed by atoms with van der Waals surface area (Å²) >= 11 is 1.46. The summed E-state index contributed by atoms with van der Waals surface area (Å²) in [6.07, 6.45) is -0.993. The van der Waals surface area contributed by atoms with Gasteiger partial charge in [0, 0.05) is 30.5 Å². The molecule has 0 spiro atoms. The molecule has 7 nitrogen and oxygen atoms in total. The van der Waals surface area contributed by atoms with Crippen molar-refractivity contribution < 1.29 is 19.4 Å². The maximum absolute atomic E-state index is 12.5. The molecule has 4 rings (SSSR count). The monoisotopic (exact) mass is 451 g/mol. The second-order valence-electron chi connectivity index (χ2n) is 7.68. The van der Waals surface area contributed by atoms with Gasteiger partial charge < -0.3 is 20.1 Å². The highest BCUT2D eigenvalue weighted by Gasteiger charge is 2.29. The summed E-state index contributed by atoms with van der Waals surface area (Å²) in [6.45, 7) is 1.18. The molecule has 2 amide bonds. The molecular formula is C24H25N3O4S. The number of carbonyl (C=O) groups is 2. The van der Waals surface area contributed by atoms with Gasteiger partial charge in [-0.1, -0.05) is 42.5 Å². The molecule has 0 aliphatic carbocycles. The number of aliphatic hydroxyl groups excluding tert-OH is 1. The van der Waals surface area contributed by atoms with Crippen LogP contribution in [0.15, 0.2) is 53.9 Å². The number of fused-ring (bicyclic) bond motifs is 1. The minimum absolute atomic E-state index is 0.255. The second-order valence-corrected chi connectivity index (χ2v) is 8.62. The average molecular weight is 452 g/mol. The Hall–Kier alpha value is -3.23. The van der Waals surface area contributed by atoms with E-state index in [1.165, 1.54) is 11.3 Å². The topological polar surface area (TPSA) is 91.8 Å². The van der Waals surface area contributed by atoms with E-state index in [9.17, 15) is 14.7 Å². The first-order valence-electron chi connectivity index (χ1n) is 10.4. The Balaban J connectivity index is 1.25. The van der Waals surface area contributed by atoms with Crippen LogP contribution in [-0.4, -0.2) is 40.0 Å². The van der Waals surface area contributed by atoms with Crippen LogP contribution in [0.2, 0.25) is 0 Å². The Morgan fingerprint density at radius 3 is 2.56 bits per heavy atom. The number of nitrogens with zero attached hydrogens (tertiary/aromatic N) is 2. The molecule has 1 atom stereocenters. The smallest absolute Gasteiger partial charge is 0.252 e. The molecule has 1 aromatic heterocycles. The third kappa shape index (κ3) is 5.15. The highest BCUT2D eigenvalue weighted by atomic mass is 32.1. The third-order valence-corrected chi connectivity index (χ3v) is 6.31. The molecular weight excluding hydrogens is 426 g/mol. The van der Waals surface area contributed by atoms with E-state index in [1.807, 2.05) is 53.9 Å². The van der Waals surface area contributed by atoms with E-state index >= 15 is 0 Å². The summed E-state index contributed by atoms with van der Waals surface area (Å²) in [5, 5.41) is 15.7. The number of carbonyl (C=O) groups excluding carboxylic acids is 2. The first kappa shape index (κ1) is 22.0. The van der Waals surface area contributed by atoms with Crippen LogP contribution in [0.4, 0.5) is 0 Å². The van der Waals surface area contributed by atoms with Crippen molar-refractivity contribution in [3.05, 3.63) is 81.3 Å². The number of thiazole rings is 1. The van der Waals surface area contributed by atoms with Crippen molar-refractivity contribution in [3.8, 4) is 5.75 Å². The molecule has 1 aliphatic rings. The van der Waals surface area contributed by atoms with Crippen molar-refractivity contribution in [2.45, 2.75) is 38.6 Å². The summed E-state index contributed by atoms with van der Waals surface area (Å²) in [5.74, 6) is 0.00355. The highest BCUT2D eigenvalue weighted by Crippen LogP contribution is 2.24. The summed E-state index contributed by atoms with van der Waals surface area (Å²) < 4.78 is 5.38. The van der Waals surface area contributed by atoms with Crippen molar-refractivity contribution in [1.82, 2.24) is 15.2 Å². The lowest BCUT2D eigenvalue weighted by Gasteiger charge is -2.19. The van der Waals surface area contributed by atoms with Crippen molar-refractivity contribution >= 4 is 23.2 Å². The third-order valence-electron chi connectivity index (χ3n) is 5.42. The number of nitrogens with one attached hydrogen (secondary N) is 1. The van der Waals surface area contributed by atoms with Gasteiger partial charge in [0.2, 0.25) is 5.91 Å². The molecule has 2 heterocycles. The number of hydrogen-bond donors (Lipinski definition) is 2. The fraction of sp³-hybridized carbons (Fsp3) is 0.292. The highest BCUT2D eigenvalue weighted by molar-refractivity contribution is 7.09. The Bertz CT molecular complexity index is 1090. The number of rotatable bonds is 8.